The molecule has 1 atom stereocenters. The molecule has 0 saturated carbocycles. The molecule has 16 heavy (non-hydrogen) atoms. The number of hydrogen-bond acceptors (Lipinski definition) is 4. The third-order valence-corrected chi connectivity index (χ3v) is 2.39. The fraction of sp³-hybridized carbons (Fsp3) is 0.333. The molecule has 84 valence electrons. The zero-order valence-electron chi connectivity index (χ0n) is 9.38. The quantitative estimate of drug-likeness (QED) is 0.791. The number of ether oxygens (including phenoxy) is 1. The Kier molecular flexibility index (Phi) is 3.19. The van der Waals surface area contributed by atoms with Crippen LogP contribution in [0.1, 0.15) is 20.3 Å². The summed E-state index contributed by atoms with van der Waals surface area (Å²) in [5.41, 5.74) is 0.922. The molecule has 1 aromatic carbocycles. The van der Waals surface area contributed by atoms with Gasteiger partial charge in [0.1, 0.15) is 5.75 Å². The van der Waals surface area contributed by atoms with E-state index in [9.17, 15) is 0 Å². The number of aromatic nitrogens is 2. The van der Waals surface area contributed by atoms with Crippen LogP contribution in [-0.2, 0) is 0 Å². The van der Waals surface area contributed by atoms with Crippen molar-refractivity contribution in [1.29, 1.82) is 0 Å². The number of nitrogens with zero attached hydrogens (tertiary/aromatic N) is 2. The standard InChI is InChI=1S/C12H14N2O2/c1-3-9(2)16-11-6-4-10(5-7-11)12-13-8-15-14-12/h4-9H,3H2,1-2H3/t9-/m0/s1. The minimum atomic E-state index is 0.232. The van der Waals surface area contributed by atoms with Crippen LogP contribution >= 0.6 is 0 Å². The summed E-state index contributed by atoms with van der Waals surface area (Å²) in [6, 6.07) is 7.67. The highest BCUT2D eigenvalue weighted by molar-refractivity contribution is 5.55. The molecule has 1 aromatic heterocycles. The molecule has 2 aromatic rings. The van der Waals surface area contributed by atoms with Gasteiger partial charge in [-0.1, -0.05) is 12.1 Å². The van der Waals surface area contributed by atoms with Crippen LogP contribution in [0.5, 0.6) is 5.75 Å². The molecule has 0 unspecified atom stereocenters. The molecule has 0 amide bonds. The third kappa shape index (κ3) is 2.39. The maximum Gasteiger partial charge on any atom is 0.214 e. The van der Waals surface area contributed by atoms with Crippen LogP contribution in [-0.4, -0.2) is 16.2 Å². The Balaban J connectivity index is 2.11. The summed E-state index contributed by atoms with van der Waals surface area (Å²) in [7, 11) is 0. The molecule has 1 heterocycles. The van der Waals surface area contributed by atoms with Gasteiger partial charge in [-0.25, -0.2) is 0 Å². The Morgan fingerprint density at radius 2 is 2.06 bits per heavy atom. The van der Waals surface area contributed by atoms with E-state index in [-0.39, 0.29) is 6.10 Å². The van der Waals surface area contributed by atoms with E-state index in [1.165, 1.54) is 6.39 Å². The Morgan fingerprint density at radius 1 is 1.31 bits per heavy atom. The summed E-state index contributed by atoms with van der Waals surface area (Å²) in [6.45, 7) is 4.14. The Morgan fingerprint density at radius 3 is 2.62 bits per heavy atom. The van der Waals surface area contributed by atoms with Crippen LogP contribution < -0.4 is 4.74 Å². The first kappa shape index (κ1) is 10.7. The first-order chi connectivity index (χ1) is 7.79. The Hall–Kier alpha value is -1.84. The highest BCUT2D eigenvalue weighted by atomic mass is 16.5. The van der Waals surface area contributed by atoms with Gasteiger partial charge in [0.25, 0.3) is 0 Å². The molecule has 0 aliphatic heterocycles. The lowest BCUT2D eigenvalue weighted by molar-refractivity contribution is 0.217. The Labute approximate surface area is 94.2 Å². The first-order valence-electron chi connectivity index (χ1n) is 5.33. The van der Waals surface area contributed by atoms with Crippen LogP contribution in [0.4, 0.5) is 0 Å². The van der Waals surface area contributed by atoms with Gasteiger partial charge in [-0.15, -0.1) is 0 Å². The van der Waals surface area contributed by atoms with Gasteiger partial charge in [0.05, 0.1) is 6.10 Å². The smallest absolute Gasteiger partial charge is 0.214 e. The zero-order valence-corrected chi connectivity index (χ0v) is 9.38. The van der Waals surface area contributed by atoms with Crippen molar-refractivity contribution in [3.8, 4) is 17.1 Å². The molecule has 4 nitrogen and oxygen atoms in total. The zero-order chi connectivity index (χ0) is 11.4. The summed E-state index contributed by atoms with van der Waals surface area (Å²) >= 11 is 0. The van der Waals surface area contributed by atoms with Gasteiger partial charge in [-0.05, 0) is 37.6 Å². The number of rotatable bonds is 4. The van der Waals surface area contributed by atoms with Crippen molar-refractivity contribution < 1.29 is 9.26 Å². The van der Waals surface area contributed by atoms with Crippen LogP contribution in [0, 0.1) is 0 Å². The average Bonchev–Trinajstić information content (AvgIpc) is 2.83. The van der Waals surface area contributed by atoms with Crippen molar-refractivity contribution >= 4 is 0 Å². The van der Waals surface area contributed by atoms with E-state index in [4.69, 9.17) is 4.74 Å². The van der Waals surface area contributed by atoms with Crippen molar-refractivity contribution in [3.63, 3.8) is 0 Å². The summed E-state index contributed by atoms with van der Waals surface area (Å²) < 4.78 is 10.4. The van der Waals surface area contributed by atoms with E-state index in [1.54, 1.807) is 0 Å². The van der Waals surface area contributed by atoms with Crippen molar-refractivity contribution in [2.45, 2.75) is 26.4 Å². The third-order valence-electron chi connectivity index (χ3n) is 2.39. The SMILES string of the molecule is CC[C@H](C)Oc1ccc(-c2ncon2)cc1. The minimum absolute atomic E-state index is 0.232. The molecule has 0 fully saturated rings. The molecule has 0 spiro atoms. The lowest BCUT2D eigenvalue weighted by Crippen LogP contribution is -2.09. The maximum absolute atomic E-state index is 5.67. The fourth-order valence-electron chi connectivity index (χ4n) is 1.30. The summed E-state index contributed by atoms with van der Waals surface area (Å²) in [6.07, 6.45) is 2.54. The predicted octanol–water partition coefficient (Wildman–Crippen LogP) is 2.91. The second-order valence-corrected chi connectivity index (χ2v) is 3.62. The van der Waals surface area contributed by atoms with Gasteiger partial charge >= 0.3 is 0 Å². The van der Waals surface area contributed by atoms with Crippen LogP contribution in [0.3, 0.4) is 0 Å². The summed E-state index contributed by atoms with van der Waals surface area (Å²) in [5, 5.41) is 3.77. The maximum atomic E-state index is 5.67. The summed E-state index contributed by atoms with van der Waals surface area (Å²) in [5.74, 6) is 1.46. The van der Waals surface area contributed by atoms with E-state index in [0.29, 0.717) is 5.82 Å². The van der Waals surface area contributed by atoms with Gasteiger partial charge in [-0.2, -0.15) is 4.98 Å². The molecular formula is C12H14N2O2. The molecule has 0 aliphatic carbocycles. The fourth-order valence-corrected chi connectivity index (χ4v) is 1.30. The lowest BCUT2D eigenvalue weighted by atomic mass is 10.2. The van der Waals surface area contributed by atoms with Gasteiger partial charge < -0.3 is 9.26 Å². The van der Waals surface area contributed by atoms with Crippen molar-refractivity contribution in [1.82, 2.24) is 10.1 Å². The minimum Gasteiger partial charge on any atom is -0.491 e. The van der Waals surface area contributed by atoms with Gasteiger partial charge in [0, 0.05) is 5.56 Å². The van der Waals surface area contributed by atoms with E-state index in [0.717, 1.165) is 17.7 Å². The van der Waals surface area contributed by atoms with Crippen molar-refractivity contribution in [2.75, 3.05) is 0 Å². The highest BCUT2D eigenvalue weighted by Gasteiger charge is 2.04. The highest BCUT2D eigenvalue weighted by Crippen LogP contribution is 2.20. The predicted molar refractivity (Wildman–Crippen MR) is 60.1 cm³/mol. The lowest BCUT2D eigenvalue weighted by Gasteiger charge is -2.12. The molecule has 0 radical (unpaired) electrons. The van der Waals surface area contributed by atoms with Gasteiger partial charge in [0.2, 0.25) is 12.2 Å². The number of hydrogen-bond donors (Lipinski definition) is 0. The van der Waals surface area contributed by atoms with Crippen molar-refractivity contribution in [2.24, 2.45) is 0 Å². The molecular weight excluding hydrogens is 204 g/mol. The van der Waals surface area contributed by atoms with E-state index in [1.807, 2.05) is 31.2 Å². The first-order valence-corrected chi connectivity index (χ1v) is 5.33. The second kappa shape index (κ2) is 4.79. The second-order valence-electron chi connectivity index (χ2n) is 3.62. The molecule has 2 rings (SSSR count). The average molecular weight is 218 g/mol. The monoisotopic (exact) mass is 218 g/mol. The van der Waals surface area contributed by atoms with Gasteiger partial charge in [-0.3, -0.25) is 0 Å². The Bertz CT molecular complexity index is 423. The molecule has 0 N–H and O–H groups in total. The summed E-state index contributed by atoms with van der Waals surface area (Å²) in [4.78, 5) is 3.97. The van der Waals surface area contributed by atoms with Crippen LogP contribution in [0.2, 0.25) is 0 Å². The molecule has 0 saturated heterocycles. The molecule has 0 aliphatic rings. The largest absolute Gasteiger partial charge is 0.491 e. The van der Waals surface area contributed by atoms with E-state index in [2.05, 4.69) is 21.6 Å². The van der Waals surface area contributed by atoms with Gasteiger partial charge in [0.15, 0.2) is 0 Å². The normalized spacial score (nSPS) is 12.4. The van der Waals surface area contributed by atoms with E-state index < -0.39 is 0 Å². The van der Waals surface area contributed by atoms with Crippen LogP contribution in [0.15, 0.2) is 35.2 Å². The molecule has 4 heteroatoms. The van der Waals surface area contributed by atoms with E-state index >= 15 is 0 Å². The topological polar surface area (TPSA) is 48.2 Å². The number of benzene rings is 1. The van der Waals surface area contributed by atoms with Crippen molar-refractivity contribution in [3.05, 3.63) is 30.7 Å². The molecule has 0 bridgehead atoms. The van der Waals surface area contributed by atoms with Crippen LogP contribution in [0.25, 0.3) is 11.4 Å².